The number of ether oxygens (including phenoxy) is 1. The number of aromatic nitrogens is 2. The van der Waals surface area contributed by atoms with Gasteiger partial charge in [-0.05, 0) is 77.8 Å². The third-order valence-corrected chi connectivity index (χ3v) is 7.07. The highest BCUT2D eigenvalue weighted by atomic mass is 79.9. The van der Waals surface area contributed by atoms with Crippen molar-refractivity contribution >= 4 is 21.9 Å². The predicted octanol–water partition coefficient (Wildman–Crippen LogP) is 5.77. The van der Waals surface area contributed by atoms with Crippen LogP contribution in [-0.2, 0) is 4.79 Å². The standard InChI is InChI=1S/C22H27BrN2O3/c23-20-21(24-25-22(20)28-13-15-2-1-3-15)18-10-8-17(9-11-18)16-6-4-14(5-7-16)12-19(26)27/h8-11,14-16H,1-7,12-13H2,(H,24,25)(H,26,27). The van der Waals surface area contributed by atoms with Crippen molar-refractivity contribution in [3.05, 3.63) is 34.3 Å². The molecule has 0 aliphatic heterocycles. The monoisotopic (exact) mass is 446 g/mol. The van der Waals surface area contributed by atoms with Gasteiger partial charge < -0.3 is 9.84 Å². The second-order valence-electron chi connectivity index (χ2n) is 8.26. The Morgan fingerprint density at radius 1 is 1.11 bits per heavy atom. The third-order valence-electron chi connectivity index (χ3n) is 6.34. The molecular formula is C22H27BrN2O3. The van der Waals surface area contributed by atoms with Crippen LogP contribution >= 0.6 is 15.9 Å². The number of H-pyrrole nitrogens is 1. The van der Waals surface area contributed by atoms with Gasteiger partial charge in [-0.15, -0.1) is 5.10 Å². The molecule has 0 unspecified atom stereocenters. The Hall–Kier alpha value is -1.82. The van der Waals surface area contributed by atoms with Crippen molar-refractivity contribution in [1.82, 2.24) is 10.2 Å². The van der Waals surface area contributed by atoms with E-state index in [0.717, 1.165) is 48.0 Å². The molecule has 1 aromatic heterocycles. The van der Waals surface area contributed by atoms with Crippen LogP contribution in [0, 0.1) is 11.8 Å². The predicted molar refractivity (Wildman–Crippen MR) is 112 cm³/mol. The van der Waals surface area contributed by atoms with Crippen LogP contribution < -0.4 is 4.74 Å². The SMILES string of the molecule is O=C(O)CC1CCC(c2ccc(-c3[nH]nc(OCC4CCC4)c3Br)cc2)CC1. The van der Waals surface area contributed by atoms with Gasteiger partial charge in [-0.2, -0.15) is 0 Å². The van der Waals surface area contributed by atoms with Crippen LogP contribution in [0.5, 0.6) is 5.88 Å². The molecule has 2 aromatic rings. The van der Waals surface area contributed by atoms with E-state index >= 15 is 0 Å². The number of hydrogen-bond acceptors (Lipinski definition) is 3. The van der Waals surface area contributed by atoms with Crippen molar-refractivity contribution in [3.63, 3.8) is 0 Å². The Labute approximate surface area is 174 Å². The van der Waals surface area contributed by atoms with Crippen LogP contribution in [-0.4, -0.2) is 27.9 Å². The van der Waals surface area contributed by atoms with E-state index in [1.165, 1.54) is 24.8 Å². The number of carboxylic acids is 1. The molecule has 0 spiro atoms. The van der Waals surface area contributed by atoms with Gasteiger partial charge in [-0.25, -0.2) is 0 Å². The van der Waals surface area contributed by atoms with Crippen LogP contribution in [0.15, 0.2) is 28.7 Å². The fraction of sp³-hybridized carbons (Fsp3) is 0.545. The molecule has 1 aromatic carbocycles. The summed E-state index contributed by atoms with van der Waals surface area (Å²) in [6.07, 6.45) is 8.30. The van der Waals surface area contributed by atoms with E-state index in [-0.39, 0.29) is 0 Å². The highest BCUT2D eigenvalue weighted by Crippen LogP contribution is 2.39. The largest absolute Gasteiger partial charge is 0.481 e. The molecule has 0 bridgehead atoms. The van der Waals surface area contributed by atoms with E-state index in [9.17, 15) is 4.79 Å². The molecule has 0 atom stereocenters. The van der Waals surface area contributed by atoms with Crippen molar-refractivity contribution < 1.29 is 14.6 Å². The number of carbonyl (C=O) groups is 1. The minimum atomic E-state index is -0.672. The summed E-state index contributed by atoms with van der Waals surface area (Å²) in [6.45, 7) is 0.742. The smallest absolute Gasteiger partial charge is 0.303 e. The van der Waals surface area contributed by atoms with E-state index in [2.05, 4.69) is 50.4 Å². The fourth-order valence-corrected chi connectivity index (χ4v) is 4.84. The molecule has 2 aliphatic rings. The van der Waals surface area contributed by atoms with Crippen LogP contribution in [0.2, 0.25) is 0 Å². The number of aromatic amines is 1. The van der Waals surface area contributed by atoms with E-state index < -0.39 is 5.97 Å². The molecule has 0 amide bonds. The lowest BCUT2D eigenvalue weighted by atomic mass is 9.77. The number of nitrogens with zero attached hydrogens (tertiary/aromatic N) is 1. The van der Waals surface area contributed by atoms with Crippen molar-refractivity contribution in [1.29, 1.82) is 0 Å². The van der Waals surface area contributed by atoms with Crippen LogP contribution in [0.3, 0.4) is 0 Å². The maximum Gasteiger partial charge on any atom is 0.303 e. The molecule has 6 heteroatoms. The maximum atomic E-state index is 10.9. The summed E-state index contributed by atoms with van der Waals surface area (Å²) in [5.74, 6) is 1.52. The van der Waals surface area contributed by atoms with Gasteiger partial charge in [0, 0.05) is 12.0 Å². The molecular weight excluding hydrogens is 420 g/mol. The first-order chi connectivity index (χ1) is 13.6. The number of nitrogens with one attached hydrogen (secondary N) is 1. The lowest BCUT2D eigenvalue weighted by molar-refractivity contribution is -0.138. The summed E-state index contributed by atoms with van der Waals surface area (Å²) in [5, 5.41) is 16.4. The molecule has 5 nitrogen and oxygen atoms in total. The zero-order valence-electron chi connectivity index (χ0n) is 16.0. The van der Waals surface area contributed by atoms with Gasteiger partial charge in [0.1, 0.15) is 4.47 Å². The molecule has 28 heavy (non-hydrogen) atoms. The van der Waals surface area contributed by atoms with Crippen molar-refractivity contribution in [2.75, 3.05) is 6.61 Å². The Morgan fingerprint density at radius 2 is 1.82 bits per heavy atom. The Morgan fingerprint density at radius 3 is 2.43 bits per heavy atom. The molecule has 4 rings (SSSR count). The summed E-state index contributed by atoms with van der Waals surface area (Å²) >= 11 is 3.63. The van der Waals surface area contributed by atoms with E-state index in [0.29, 0.717) is 30.1 Å². The second-order valence-corrected chi connectivity index (χ2v) is 9.06. The van der Waals surface area contributed by atoms with Crippen molar-refractivity contribution in [2.24, 2.45) is 11.8 Å². The minimum Gasteiger partial charge on any atom is -0.481 e. The van der Waals surface area contributed by atoms with Gasteiger partial charge in [0.05, 0.1) is 12.3 Å². The molecule has 1 heterocycles. The van der Waals surface area contributed by atoms with E-state index in [4.69, 9.17) is 9.84 Å². The number of rotatable bonds is 7. The topological polar surface area (TPSA) is 75.2 Å². The van der Waals surface area contributed by atoms with Gasteiger partial charge in [0.2, 0.25) is 5.88 Å². The summed E-state index contributed by atoms with van der Waals surface area (Å²) in [4.78, 5) is 10.9. The highest BCUT2D eigenvalue weighted by molar-refractivity contribution is 9.10. The van der Waals surface area contributed by atoms with E-state index in [1.54, 1.807) is 0 Å². The van der Waals surface area contributed by atoms with Crippen LogP contribution in [0.25, 0.3) is 11.3 Å². The van der Waals surface area contributed by atoms with Gasteiger partial charge in [-0.3, -0.25) is 9.89 Å². The van der Waals surface area contributed by atoms with Crippen molar-refractivity contribution in [3.8, 4) is 17.1 Å². The third kappa shape index (κ3) is 4.43. The Balaban J connectivity index is 1.37. The zero-order valence-corrected chi connectivity index (χ0v) is 17.6. The zero-order chi connectivity index (χ0) is 19.5. The van der Waals surface area contributed by atoms with Gasteiger partial charge in [-0.1, -0.05) is 30.7 Å². The Kier molecular flexibility index (Phi) is 6.04. The molecule has 2 saturated carbocycles. The summed E-state index contributed by atoms with van der Waals surface area (Å²) in [6, 6.07) is 8.65. The van der Waals surface area contributed by atoms with Crippen LogP contribution in [0.4, 0.5) is 0 Å². The van der Waals surface area contributed by atoms with Gasteiger partial charge >= 0.3 is 5.97 Å². The first-order valence-electron chi connectivity index (χ1n) is 10.3. The second kappa shape index (κ2) is 8.68. The van der Waals surface area contributed by atoms with Crippen molar-refractivity contribution in [2.45, 2.75) is 57.3 Å². The number of hydrogen-bond donors (Lipinski definition) is 2. The minimum absolute atomic E-state index is 0.310. The molecule has 2 aliphatic carbocycles. The number of benzene rings is 1. The Bertz CT molecular complexity index is 806. The number of aliphatic carboxylic acids is 1. The summed E-state index contributed by atoms with van der Waals surface area (Å²) in [5.41, 5.74) is 3.37. The van der Waals surface area contributed by atoms with Gasteiger partial charge in [0.25, 0.3) is 0 Å². The highest BCUT2D eigenvalue weighted by Gasteiger charge is 2.24. The molecule has 0 saturated heterocycles. The molecule has 2 N–H and O–H groups in total. The maximum absolute atomic E-state index is 10.9. The average molecular weight is 447 g/mol. The lowest BCUT2D eigenvalue weighted by Gasteiger charge is -2.28. The van der Waals surface area contributed by atoms with E-state index in [1.807, 2.05) is 0 Å². The fourth-order valence-electron chi connectivity index (χ4n) is 4.32. The number of halogens is 1. The summed E-state index contributed by atoms with van der Waals surface area (Å²) in [7, 11) is 0. The lowest BCUT2D eigenvalue weighted by Crippen LogP contribution is -2.19. The first-order valence-corrected chi connectivity index (χ1v) is 11.1. The first kappa shape index (κ1) is 19.5. The number of carboxylic acid groups (broad SMARTS) is 1. The average Bonchev–Trinajstić information content (AvgIpc) is 3.02. The quantitative estimate of drug-likeness (QED) is 0.565. The molecule has 2 fully saturated rings. The molecule has 150 valence electrons. The normalized spacial score (nSPS) is 22.6. The van der Waals surface area contributed by atoms with Gasteiger partial charge in [0.15, 0.2) is 0 Å². The van der Waals surface area contributed by atoms with Crippen LogP contribution in [0.1, 0.15) is 62.8 Å². The summed E-state index contributed by atoms with van der Waals surface area (Å²) < 4.78 is 6.75. The molecule has 0 radical (unpaired) electrons.